The maximum Gasteiger partial charge on any atom is 0.0342 e. The van der Waals surface area contributed by atoms with Crippen LogP contribution in [0.1, 0.15) is 71.3 Å². The summed E-state index contributed by atoms with van der Waals surface area (Å²) in [5.74, 6) is 1.74. The summed E-state index contributed by atoms with van der Waals surface area (Å²) in [6.45, 7) is 7.01. The van der Waals surface area contributed by atoms with Crippen molar-refractivity contribution in [1.29, 1.82) is 0 Å². The summed E-state index contributed by atoms with van der Waals surface area (Å²) in [7, 11) is 0. The summed E-state index contributed by atoms with van der Waals surface area (Å²) in [5.41, 5.74) is 2.79. The third-order valence-electron chi connectivity index (χ3n) is 5.05. The van der Waals surface area contributed by atoms with E-state index in [1.165, 1.54) is 62.6 Å². The molecule has 1 nitrogen and oxygen atoms in total. The van der Waals surface area contributed by atoms with Gasteiger partial charge >= 0.3 is 0 Å². The molecule has 0 heterocycles. The number of hydrogen-bond donors (Lipinski definition) is 1. The number of nitrogens with one attached hydrogen (secondary N) is 1. The molecule has 2 unspecified atom stereocenters. The van der Waals surface area contributed by atoms with Gasteiger partial charge in [0.1, 0.15) is 0 Å². The number of anilines is 1. The van der Waals surface area contributed by atoms with Crippen LogP contribution in [0.3, 0.4) is 0 Å². The van der Waals surface area contributed by atoms with Crippen LogP contribution >= 0.6 is 0 Å². The zero-order chi connectivity index (χ0) is 15.1. The first-order valence-corrected chi connectivity index (χ1v) is 9.04. The Bertz CT molecular complexity index is 393. The van der Waals surface area contributed by atoms with Crippen LogP contribution in [-0.4, -0.2) is 6.04 Å². The van der Waals surface area contributed by atoms with Gasteiger partial charge in [-0.25, -0.2) is 0 Å². The van der Waals surface area contributed by atoms with Crippen LogP contribution < -0.4 is 5.32 Å². The van der Waals surface area contributed by atoms with Crippen molar-refractivity contribution in [1.82, 2.24) is 0 Å². The fourth-order valence-electron chi connectivity index (χ4n) is 3.55. The van der Waals surface area contributed by atoms with Crippen molar-refractivity contribution in [2.75, 3.05) is 5.32 Å². The van der Waals surface area contributed by atoms with Gasteiger partial charge in [-0.2, -0.15) is 0 Å². The Balaban J connectivity index is 1.82. The van der Waals surface area contributed by atoms with E-state index in [-0.39, 0.29) is 0 Å². The lowest BCUT2D eigenvalue weighted by molar-refractivity contribution is 0.264. The second-order valence-corrected chi connectivity index (χ2v) is 7.17. The fourth-order valence-corrected chi connectivity index (χ4v) is 3.55. The number of benzene rings is 1. The third-order valence-corrected chi connectivity index (χ3v) is 5.05. The van der Waals surface area contributed by atoms with Crippen LogP contribution in [0.15, 0.2) is 24.3 Å². The molecular weight excluding hydrogens is 254 g/mol. The van der Waals surface area contributed by atoms with Gasteiger partial charge in [-0.05, 0) is 55.2 Å². The van der Waals surface area contributed by atoms with E-state index in [0.717, 1.165) is 11.8 Å². The minimum Gasteiger partial charge on any atom is -0.382 e. The molecule has 0 amide bonds. The van der Waals surface area contributed by atoms with Gasteiger partial charge in [0.2, 0.25) is 0 Å². The Labute approximate surface area is 131 Å². The first kappa shape index (κ1) is 16.4. The van der Waals surface area contributed by atoms with Gasteiger partial charge in [0.25, 0.3) is 0 Å². The summed E-state index contributed by atoms with van der Waals surface area (Å²) >= 11 is 0. The zero-order valence-electron chi connectivity index (χ0n) is 14.2. The highest BCUT2D eigenvalue weighted by atomic mass is 14.9. The molecule has 0 saturated heterocycles. The lowest BCUT2D eigenvalue weighted by Crippen LogP contribution is -2.29. The number of rotatable bonds is 7. The van der Waals surface area contributed by atoms with Crippen LogP contribution in [-0.2, 0) is 6.42 Å². The standard InChI is InChI=1S/C20H33N/c1-4-5-6-8-17-11-13-19(14-12-17)21-20-10-7-9-18(15-20)16(2)3/h11-14,16,18,20-21H,4-10,15H2,1-3H3. The average molecular weight is 287 g/mol. The van der Waals surface area contributed by atoms with Crippen molar-refractivity contribution < 1.29 is 0 Å². The minimum atomic E-state index is 0.678. The molecule has 1 heteroatoms. The van der Waals surface area contributed by atoms with E-state index in [4.69, 9.17) is 0 Å². The van der Waals surface area contributed by atoms with E-state index in [1.54, 1.807) is 0 Å². The van der Waals surface area contributed by atoms with Crippen molar-refractivity contribution in [3.8, 4) is 0 Å². The molecule has 1 aliphatic rings. The zero-order valence-corrected chi connectivity index (χ0v) is 14.2. The van der Waals surface area contributed by atoms with E-state index in [2.05, 4.69) is 50.4 Å². The molecule has 1 aromatic rings. The Morgan fingerprint density at radius 2 is 1.86 bits per heavy atom. The van der Waals surface area contributed by atoms with Crippen molar-refractivity contribution in [2.45, 2.75) is 78.2 Å². The number of hydrogen-bond acceptors (Lipinski definition) is 1. The predicted octanol–water partition coefficient (Wildman–Crippen LogP) is 6.05. The molecular formula is C20H33N. The van der Waals surface area contributed by atoms with E-state index >= 15 is 0 Å². The molecule has 2 atom stereocenters. The molecule has 0 aliphatic heterocycles. The van der Waals surface area contributed by atoms with Gasteiger partial charge in [0.15, 0.2) is 0 Å². The molecule has 0 bridgehead atoms. The fraction of sp³-hybridized carbons (Fsp3) is 0.700. The maximum atomic E-state index is 3.76. The Morgan fingerprint density at radius 3 is 2.52 bits per heavy atom. The molecule has 118 valence electrons. The van der Waals surface area contributed by atoms with Crippen molar-refractivity contribution >= 4 is 5.69 Å². The predicted molar refractivity (Wildman–Crippen MR) is 93.9 cm³/mol. The monoisotopic (exact) mass is 287 g/mol. The van der Waals surface area contributed by atoms with Crippen LogP contribution in [0, 0.1) is 11.8 Å². The largest absolute Gasteiger partial charge is 0.382 e. The van der Waals surface area contributed by atoms with Gasteiger partial charge < -0.3 is 5.32 Å². The van der Waals surface area contributed by atoms with E-state index in [9.17, 15) is 0 Å². The molecule has 1 saturated carbocycles. The molecule has 1 aromatic carbocycles. The van der Waals surface area contributed by atoms with Crippen LogP contribution in [0.5, 0.6) is 0 Å². The molecule has 1 fully saturated rings. The summed E-state index contributed by atoms with van der Waals surface area (Å²) in [5, 5.41) is 3.76. The first-order valence-electron chi connectivity index (χ1n) is 9.04. The van der Waals surface area contributed by atoms with E-state index < -0.39 is 0 Å². The molecule has 1 N–H and O–H groups in total. The first-order chi connectivity index (χ1) is 10.2. The maximum absolute atomic E-state index is 3.76. The van der Waals surface area contributed by atoms with Gasteiger partial charge in [-0.15, -0.1) is 0 Å². The summed E-state index contributed by atoms with van der Waals surface area (Å²) in [4.78, 5) is 0. The highest BCUT2D eigenvalue weighted by molar-refractivity contribution is 5.45. The van der Waals surface area contributed by atoms with E-state index in [0.29, 0.717) is 6.04 Å². The highest BCUT2D eigenvalue weighted by Gasteiger charge is 2.23. The molecule has 1 aliphatic carbocycles. The minimum absolute atomic E-state index is 0.678. The van der Waals surface area contributed by atoms with Crippen LogP contribution in [0.2, 0.25) is 0 Å². The molecule has 21 heavy (non-hydrogen) atoms. The highest BCUT2D eigenvalue weighted by Crippen LogP contribution is 2.31. The Hall–Kier alpha value is -0.980. The second kappa shape index (κ2) is 8.46. The number of aryl methyl sites for hydroxylation is 1. The van der Waals surface area contributed by atoms with Gasteiger partial charge in [-0.1, -0.05) is 58.6 Å². The molecule has 0 spiro atoms. The molecule has 2 rings (SSSR count). The smallest absolute Gasteiger partial charge is 0.0342 e. The molecule has 0 radical (unpaired) electrons. The second-order valence-electron chi connectivity index (χ2n) is 7.17. The summed E-state index contributed by atoms with van der Waals surface area (Å²) < 4.78 is 0. The average Bonchev–Trinajstić information content (AvgIpc) is 2.49. The Morgan fingerprint density at radius 1 is 1.10 bits per heavy atom. The van der Waals surface area contributed by atoms with Gasteiger partial charge in [0.05, 0.1) is 0 Å². The topological polar surface area (TPSA) is 12.0 Å². The van der Waals surface area contributed by atoms with Crippen molar-refractivity contribution in [2.24, 2.45) is 11.8 Å². The number of unbranched alkanes of at least 4 members (excludes halogenated alkanes) is 2. The van der Waals surface area contributed by atoms with Crippen molar-refractivity contribution in [3.05, 3.63) is 29.8 Å². The van der Waals surface area contributed by atoms with Crippen LogP contribution in [0.25, 0.3) is 0 Å². The summed E-state index contributed by atoms with van der Waals surface area (Å²) in [6, 6.07) is 9.85. The Kier molecular flexibility index (Phi) is 6.60. The normalized spacial score (nSPS) is 22.5. The summed E-state index contributed by atoms with van der Waals surface area (Å²) in [6.07, 6.45) is 10.7. The van der Waals surface area contributed by atoms with Gasteiger partial charge in [0, 0.05) is 11.7 Å². The quantitative estimate of drug-likeness (QED) is 0.602. The lowest BCUT2D eigenvalue weighted by atomic mass is 9.79. The third kappa shape index (κ3) is 5.37. The van der Waals surface area contributed by atoms with Crippen molar-refractivity contribution in [3.63, 3.8) is 0 Å². The van der Waals surface area contributed by atoms with E-state index in [1.807, 2.05) is 0 Å². The lowest BCUT2D eigenvalue weighted by Gasteiger charge is -2.32. The van der Waals surface area contributed by atoms with Gasteiger partial charge in [-0.3, -0.25) is 0 Å². The molecule has 0 aromatic heterocycles. The van der Waals surface area contributed by atoms with Crippen LogP contribution in [0.4, 0.5) is 5.69 Å². The SMILES string of the molecule is CCCCCc1ccc(NC2CCCC(C(C)C)C2)cc1.